The SMILES string of the molecule is Nc1ccc(N2CCC(c3ccc(C(F)(F)F)cc3)C2)cc1. The van der Waals surface area contributed by atoms with Gasteiger partial charge < -0.3 is 10.6 Å². The summed E-state index contributed by atoms with van der Waals surface area (Å²) >= 11 is 0. The van der Waals surface area contributed by atoms with E-state index in [1.54, 1.807) is 12.1 Å². The normalized spacial score (nSPS) is 18.7. The molecule has 2 N–H and O–H groups in total. The Morgan fingerprint density at radius 2 is 1.59 bits per heavy atom. The highest BCUT2D eigenvalue weighted by Gasteiger charge is 2.31. The monoisotopic (exact) mass is 306 g/mol. The molecule has 3 rings (SSSR count). The molecule has 2 nitrogen and oxygen atoms in total. The third-order valence-corrected chi connectivity index (χ3v) is 4.16. The predicted octanol–water partition coefficient (Wildman–Crippen LogP) is 4.28. The number of rotatable bonds is 2. The smallest absolute Gasteiger partial charge is 0.399 e. The van der Waals surface area contributed by atoms with Crippen LogP contribution in [-0.2, 0) is 6.18 Å². The summed E-state index contributed by atoms with van der Waals surface area (Å²) in [6.07, 6.45) is -3.33. The van der Waals surface area contributed by atoms with Gasteiger partial charge in [-0.15, -0.1) is 0 Å². The van der Waals surface area contributed by atoms with Crippen LogP contribution in [0, 0.1) is 0 Å². The second kappa shape index (κ2) is 5.55. The Labute approximate surface area is 127 Å². The minimum Gasteiger partial charge on any atom is -0.399 e. The first-order valence-corrected chi connectivity index (χ1v) is 7.21. The molecule has 0 aromatic heterocycles. The molecule has 1 fully saturated rings. The van der Waals surface area contributed by atoms with Crippen molar-refractivity contribution in [2.75, 3.05) is 23.7 Å². The van der Waals surface area contributed by atoms with Gasteiger partial charge in [0, 0.05) is 30.4 Å². The van der Waals surface area contributed by atoms with Crippen molar-refractivity contribution in [1.29, 1.82) is 0 Å². The number of nitrogens with two attached hydrogens (primary N) is 1. The molecule has 1 aliphatic heterocycles. The largest absolute Gasteiger partial charge is 0.416 e. The van der Waals surface area contributed by atoms with Crippen LogP contribution < -0.4 is 10.6 Å². The van der Waals surface area contributed by atoms with Crippen LogP contribution in [0.25, 0.3) is 0 Å². The average Bonchev–Trinajstić information content (AvgIpc) is 2.97. The van der Waals surface area contributed by atoms with Crippen LogP contribution >= 0.6 is 0 Å². The standard InChI is InChI=1S/C17H17F3N2/c18-17(19,20)14-3-1-12(2-4-14)13-9-10-22(11-13)16-7-5-15(21)6-8-16/h1-8,13H,9-11,21H2. The van der Waals surface area contributed by atoms with E-state index in [4.69, 9.17) is 5.73 Å². The highest BCUT2D eigenvalue weighted by atomic mass is 19.4. The lowest BCUT2D eigenvalue weighted by Gasteiger charge is -2.19. The van der Waals surface area contributed by atoms with E-state index in [-0.39, 0.29) is 5.92 Å². The van der Waals surface area contributed by atoms with Crippen molar-refractivity contribution in [2.24, 2.45) is 0 Å². The van der Waals surface area contributed by atoms with Crippen molar-refractivity contribution in [3.05, 3.63) is 59.7 Å². The maximum atomic E-state index is 12.6. The Kier molecular flexibility index (Phi) is 3.72. The van der Waals surface area contributed by atoms with E-state index < -0.39 is 11.7 Å². The number of hydrogen-bond acceptors (Lipinski definition) is 2. The van der Waals surface area contributed by atoms with Crippen LogP contribution in [0.2, 0.25) is 0 Å². The summed E-state index contributed by atoms with van der Waals surface area (Å²) < 4.78 is 37.8. The Hall–Kier alpha value is -2.17. The first kappa shape index (κ1) is 14.8. The molecule has 1 saturated heterocycles. The van der Waals surface area contributed by atoms with E-state index >= 15 is 0 Å². The molecular formula is C17H17F3N2. The molecule has 2 aromatic carbocycles. The summed E-state index contributed by atoms with van der Waals surface area (Å²) in [5, 5.41) is 0. The van der Waals surface area contributed by atoms with Crippen molar-refractivity contribution < 1.29 is 13.2 Å². The van der Waals surface area contributed by atoms with Gasteiger partial charge >= 0.3 is 6.18 Å². The van der Waals surface area contributed by atoms with Crippen LogP contribution in [0.3, 0.4) is 0 Å². The Balaban J connectivity index is 1.71. The predicted molar refractivity (Wildman–Crippen MR) is 81.9 cm³/mol. The lowest BCUT2D eigenvalue weighted by Crippen LogP contribution is -2.19. The van der Waals surface area contributed by atoms with Gasteiger partial charge in [-0.1, -0.05) is 12.1 Å². The second-order valence-electron chi connectivity index (χ2n) is 5.64. The topological polar surface area (TPSA) is 29.3 Å². The minimum atomic E-state index is -4.27. The van der Waals surface area contributed by atoms with E-state index in [1.807, 2.05) is 24.3 Å². The molecule has 0 aliphatic carbocycles. The van der Waals surface area contributed by atoms with Crippen LogP contribution in [0.15, 0.2) is 48.5 Å². The number of benzene rings is 2. The molecule has 0 bridgehead atoms. The lowest BCUT2D eigenvalue weighted by atomic mass is 9.97. The number of hydrogen-bond donors (Lipinski definition) is 1. The summed E-state index contributed by atoms with van der Waals surface area (Å²) in [5.74, 6) is 0.264. The summed E-state index contributed by atoms with van der Waals surface area (Å²) in [7, 11) is 0. The van der Waals surface area contributed by atoms with Crippen LogP contribution in [0.5, 0.6) is 0 Å². The number of alkyl halides is 3. The maximum Gasteiger partial charge on any atom is 0.416 e. The fraction of sp³-hybridized carbons (Fsp3) is 0.294. The molecule has 116 valence electrons. The zero-order valence-corrected chi connectivity index (χ0v) is 12.0. The van der Waals surface area contributed by atoms with E-state index in [0.717, 1.165) is 36.4 Å². The molecule has 0 spiro atoms. The number of nitrogen functional groups attached to an aromatic ring is 1. The third kappa shape index (κ3) is 3.03. The Morgan fingerprint density at radius 1 is 0.955 bits per heavy atom. The molecular weight excluding hydrogens is 289 g/mol. The minimum absolute atomic E-state index is 0.264. The van der Waals surface area contributed by atoms with E-state index in [2.05, 4.69) is 4.90 Å². The van der Waals surface area contributed by atoms with Crippen LogP contribution in [0.1, 0.15) is 23.5 Å². The molecule has 0 radical (unpaired) electrons. The third-order valence-electron chi connectivity index (χ3n) is 4.16. The fourth-order valence-corrected chi connectivity index (χ4v) is 2.90. The van der Waals surface area contributed by atoms with Gasteiger partial charge in [-0.25, -0.2) is 0 Å². The first-order chi connectivity index (χ1) is 10.4. The van der Waals surface area contributed by atoms with Gasteiger partial charge in [0.2, 0.25) is 0 Å². The van der Waals surface area contributed by atoms with Crippen molar-refractivity contribution >= 4 is 11.4 Å². The van der Waals surface area contributed by atoms with E-state index in [1.165, 1.54) is 12.1 Å². The number of nitrogens with zero attached hydrogens (tertiary/aromatic N) is 1. The van der Waals surface area contributed by atoms with E-state index in [0.29, 0.717) is 0 Å². The summed E-state index contributed by atoms with van der Waals surface area (Å²) in [6.45, 7) is 1.71. The zero-order valence-electron chi connectivity index (χ0n) is 12.0. The van der Waals surface area contributed by atoms with E-state index in [9.17, 15) is 13.2 Å². The molecule has 1 heterocycles. The Bertz CT molecular complexity index is 632. The van der Waals surface area contributed by atoms with Crippen molar-refractivity contribution in [3.63, 3.8) is 0 Å². The summed E-state index contributed by atoms with van der Waals surface area (Å²) in [5.41, 5.74) is 7.88. The molecule has 22 heavy (non-hydrogen) atoms. The molecule has 1 unspecified atom stereocenters. The lowest BCUT2D eigenvalue weighted by molar-refractivity contribution is -0.137. The van der Waals surface area contributed by atoms with Crippen molar-refractivity contribution in [3.8, 4) is 0 Å². The molecule has 0 amide bonds. The van der Waals surface area contributed by atoms with Gasteiger partial charge in [-0.3, -0.25) is 0 Å². The number of anilines is 2. The average molecular weight is 306 g/mol. The summed E-state index contributed by atoms with van der Waals surface area (Å²) in [4.78, 5) is 2.24. The highest BCUT2D eigenvalue weighted by molar-refractivity contribution is 5.54. The highest BCUT2D eigenvalue weighted by Crippen LogP contribution is 2.34. The van der Waals surface area contributed by atoms with Crippen molar-refractivity contribution in [1.82, 2.24) is 0 Å². The summed E-state index contributed by atoms with van der Waals surface area (Å²) in [6, 6.07) is 13.2. The molecule has 1 atom stereocenters. The van der Waals surface area contributed by atoms with Gasteiger partial charge in [0.1, 0.15) is 0 Å². The van der Waals surface area contributed by atoms with Crippen LogP contribution in [0.4, 0.5) is 24.5 Å². The molecule has 2 aromatic rings. The second-order valence-corrected chi connectivity index (χ2v) is 5.64. The van der Waals surface area contributed by atoms with Gasteiger partial charge in [0.05, 0.1) is 5.56 Å². The van der Waals surface area contributed by atoms with Gasteiger partial charge in [-0.2, -0.15) is 13.2 Å². The van der Waals surface area contributed by atoms with Gasteiger partial charge in [0.25, 0.3) is 0 Å². The zero-order chi connectivity index (χ0) is 15.7. The van der Waals surface area contributed by atoms with Gasteiger partial charge in [-0.05, 0) is 48.4 Å². The van der Waals surface area contributed by atoms with Crippen molar-refractivity contribution in [2.45, 2.75) is 18.5 Å². The first-order valence-electron chi connectivity index (χ1n) is 7.21. The quantitative estimate of drug-likeness (QED) is 0.839. The molecule has 0 saturated carbocycles. The molecule has 5 heteroatoms. The maximum absolute atomic E-state index is 12.6. The van der Waals surface area contributed by atoms with Gasteiger partial charge in [0.15, 0.2) is 0 Å². The Morgan fingerprint density at radius 3 is 2.18 bits per heavy atom. The fourth-order valence-electron chi connectivity index (χ4n) is 2.90. The molecule has 1 aliphatic rings. The number of halogens is 3. The van der Waals surface area contributed by atoms with Crippen LogP contribution in [-0.4, -0.2) is 13.1 Å².